The molecule has 0 fully saturated rings. The van der Waals surface area contributed by atoms with Gasteiger partial charge in [-0.05, 0) is 6.07 Å². The predicted molar refractivity (Wildman–Crippen MR) is 59.2 cm³/mol. The Bertz CT molecular complexity index is 325. The van der Waals surface area contributed by atoms with Crippen LogP contribution in [-0.2, 0) is 4.74 Å². The maximum Gasteiger partial charge on any atom is 0.166 e. The summed E-state index contributed by atoms with van der Waals surface area (Å²) in [6, 6.07) is 1.19. The van der Waals surface area contributed by atoms with Crippen molar-refractivity contribution < 1.29 is 9.13 Å². The van der Waals surface area contributed by atoms with Crippen LogP contribution in [0.3, 0.4) is 0 Å². The Morgan fingerprint density at radius 3 is 3.00 bits per heavy atom. The molecule has 15 heavy (non-hydrogen) atoms. The molecule has 1 unspecified atom stereocenters. The first-order chi connectivity index (χ1) is 7.13. The van der Waals surface area contributed by atoms with Crippen molar-refractivity contribution in [3.63, 3.8) is 0 Å². The Morgan fingerprint density at radius 1 is 1.67 bits per heavy atom. The molecule has 0 spiro atoms. The first-order valence-corrected chi connectivity index (χ1v) is 5.13. The molecule has 1 rings (SSSR count). The number of rotatable bonds is 5. The summed E-state index contributed by atoms with van der Waals surface area (Å²) in [6.07, 6.45) is 1.37. The van der Waals surface area contributed by atoms with Gasteiger partial charge in [0.05, 0.1) is 17.0 Å². The van der Waals surface area contributed by atoms with E-state index in [1.807, 2.05) is 0 Å². The average molecular weight is 253 g/mol. The zero-order valence-corrected chi connectivity index (χ0v) is 9.65. The third kappa shape index (κ3) is 4.20. The molecule has 0 aliphatic heterocycles. The van der Waals surface area contributed by atoms with E-state index in [0.717, 1.165) is 0 Å². The molecular weight excluding hydrogens is 242 g/mol. The van der Waals surface area contributed by atoms with Crippen LogP contribution in [0.4, 0.5) is 10.2 Å². The third-order valence-corrected chi connectivity index (χ3v) is 2.13. The van der Waals surface area contributed by atoms with Crippen LogP contribution in [0.15, 0.2) is 12.3 Å². The molecule has 1 N–H and O–H groups in total. The normalized spacial score (nSPS) is 12.5. The van der Waals surface area contributed by atoms with Crippen LogP contribution >= 0.6 is 23.2 Å². The lowest BCUT2D eigenvalue weighted by atomic mass is 10.4. The molecule has 0 radical (unpaired) electrons. The van der Waals surface area contributed by atoms with Gasteiger partial charge >= 0.3 is 0 Å². The molecule has 0 saturated carbocycles. The van der Waals surface area contributed by atoms with E-state index in [-0.39, 0.29) is 16.2 Å². The van der Waals surface area contributed by atoms with Gasteiger partial charge in [-0.1, -0.05) is 11.6 Å². The maximum atomic E-state index is 13.2. The number of hydrogen-bond acceptors (Lipinski definition) is 3. The molecular formula is C9H11Cl2FN2O. The number of ether oxygens (including phenoxy) is 1. The van der Waals surface area contributed by atoms with Gasteiger partial charge in [0.25, 0.3) is 0 Å². The van der Waals surface area contributed by atoms with E-state index in [1.54, 1.807) is 7.11 Å². The highest BCUT2D eigenvalue weighted by Crippen LogP contribution is 2.15. The average Bonchev–Trinajstić information content (AvgIpc) is 2.17. The summed E-state index contributed by atoms with van der Waals surface area (Å²) in [4.78, 5) is 3.79. The zero-order valence-electron chi connectivity index (χ0n) is 8.14. The monoisotopic (exact) mass is 252 g/mol. The molecule has 1 aromatic heterocycles. The predicted octanol–water partition coefficient (Wildman–Crippen LogP) is 2.54. The number of halogens is 3. The SMILES string of the molecule is COCC(Cl)CNc1ncc(Cl)cc1F. The van der Waals surface area contributed by atoms with Crippen LogP contribution in [-0.4, -0.2) is 30.6 Å². The standard InChI is InChI=1S/C9H11Cl2FN2O/c1-15-5-7(11)4-14-9-8(12)2-6(10)3-13-9/h2-3,7H,4-5H2,1H3,(H,13,14). The molecule has 84 valence electrons. The van der Waals surface area contributed by atoms with Gasteiger partial charge in [-0.3, -0.25) is 0 Å². The second kappa shape index (κ2) is 6.10. The number of nitrogens with one attached hydrogen (secondary N) is 1. The van der Waals surface area contributed by atoms with Crippen molar-refractivity contribution in [1.29, 1.82) is 0 Å². The fourth-order valence-corrected chi connectivity index (χ4v) is 1.34. The summed E-state index contributed by atoms with van der Waals surface area (Å²) in [6.45, 7) is 0.769. The molecule has 0 aromatic carbocycles. The largest absolute Gasteiger partial charge is 0.383 e. The van der Waals surface area contributed by atoms with Crippen molar-refractivity contribution in [3.8, 4) is 0 Å². The Balaban J connectivity index is 2.50. The van der Waals surface area contributed by atoms with Crippen LogP contribution in [0, 0.1) is 5.82 Å². The van der Waals surface area contributed by atoms with E-state index < -0.39 is 5.82 Å². The molecule has 0 aliphatic carbocycles. The smallest absolute Gasteiger partial charge is 0.166 e. The lowest BCUT2D eigenvalue weighted by Crippen LogP contribution is -2.20. The highest BCUT2D eigenvalue weighted by Gasteiger charge is 2.07. The van der Waals surface area contributed by atoms with Crippen molar-refractivity contribution in [3.05, 3.63) is 23.1 Å². The Hall–Kier alpha value is -0.580. The van der Waals surface area contributed by atoms with Crippen LogP contribution in [0.2, 0.25) is 5.02 Å². The van der Waals surface area contributed by atoms with Gasteiger partial charge in [0, 0.05) is 19.9 Å². The molecule has 0 saturated heterocycles. The van der Waals surface area contributed by atoms with E-state index in [1.165, 1.54) is 12.3 Å². The van der Waals surface area contributed by atoms with Crippen molar-refractivity contribution in [2.45, 2.75) is 5.38 Å². The summed E-state index contributed by atoms with van der Waals surface area (Å²) in [5, 5.41) is 2.80. The molecule has 1 atom stereocenters. The van der Waals surface area contributed by atoms with E-state index in [0.29, 0.717) is 13.2 Å². The molecule has 3 nitrogen and oxygen atoms in total. The van der Waals surface area contributed by atoms with Crippen LogP contribution in [0.5, 0.6) is 0 Å². The lowest BCUT2D eigenvalue weighted by molar-refractivity contribution is 0.200. The van der Waals surface area contributed by atoms with E-state index in [4.69, 9.17) is 27.9 Å². The van der Waals surface area contributed by atoms with Crippen molar-refractivity contribution in [2.24, 2.45) is 0 Å². The Morgan fingerprint density at radius 2 is 2.40 bits per heavy atom. The minimum atomic E-state index is -0.496. The summed E-state index contributed by atoms with van der Waals surface area (Å²) < 4.78 is 18.0. The number of aromatic nitrogens is 1. The molecule has 1 heterocycles. The van der Waals surface area contributed by atoms with Gasteiger partial charge in [-0.15, -0.1) is 11.6 Å². The van der Waals surface area contributed by atoms with Gasteiger partial charge in [0.1, 0.15) is 0 Å². The number of nitrogens with zero attached hydrogens (tertiary/aromatic N) is 1. The molecule has 6 heteroatoms. The molecule has 1 aromatic rings. The van der Waals surface area contributed by atoms with Gasteiger partial charge < -0.3 is 10.1 Å². The van der Waals surface area contributed by atoms with Crippen molar-refractivity contribution in [2.75, 3.05) is 25.6 Å². The van der Waals surface area contributed by atoms with E-state index in [2.05, 4.69) is 10.3 Å². The molecule has 0 amide bonds. The Kier molecular flexibility index (Phi) is 5.08. The van der Waals surface area contributed by atoms with Gasteiger partial charge in [0.15, 0.2) is 11.6 Å². The highest BCUT2D eigenvalue weighted by molar-refractivity contribution is 6.30. The van der Waals surface area contributed by atoms with Gasteiger partial charge in [0.2, 0.25) is 0 Å². The van der Waals surface area contributed by atoms with Crippen molar-refractivity contribution in [1.82, 2.24) is 4.98 Å². The summed E-state index contributed by atoms with van der Waals surface area (Å²) in [5.41, 5.74) is 0. The van der Waals surface area contributed by atoms with E-state index >= 15 is 0 Å². The fourth-order valence-electron chi connectivity index (χ4n) is 0.992. The minimum Gasteiger partial charge on any atom is -0.383 e. The second-order valence-corrected chi connectivity index (χ2v) is 3.97. The highest BCUT2D eigenvalue weighted by atomic mass is 35.5. The number of anilines is 1. The van der Waals surface area contributed by atoms with Crippen LogP contribution < -0.4 is 5.32 Å². The van der Waals surface area contributed by atoms with E-state index in [9.17, 15) is 4.39 Å². The second-order valence-electron chi connectivity index (χ2n) is 2.92. The van der Waals surface area contributed by atoms with Gasteiger partial charge in [-0.25, -0.2) is 9.37 Å². The summed E-state index contributed by atoms with van der Waals surface area (Å²) >= 11 is 11.4. The summed E-state index contributed by atoms with van der Waals surface area (Å²) in [5.74, 6) is -0.357. The molecule has 0 bridgehead atoms. The molecule has 0 aliphatic rings. The number of methoxy groups -OCH3 is 1. The number of pyridine rings is 1. The lowest BCUT2D eigenvalue weighted by Gasteiger charge is -2.10. The minimum absolute atomic E-state index is 0.140. The van der Waals surface area contributed by atoms with Gasteiger partial charge in [-0.2, -0.15) is 0 Å². The first kappa shape index (κ1) is 12.5. The van der Waals surface area contributed by atoms with Crippen LogP contribution in [0.1, 0.15) is 0 Å². The number of hydrogen-bond donors (Lipinski definition) is 1. The van der Waals surface area contributed by atoms with Crippen molar-refractivity contribution >= 4 is 29.0 Å². The summed E-state index contributed by atoms with van der Waals surface area (Å²) in [7, 11) is 1.55. The quantitative estimate of drug-likeness (QED) is 0.819. The maximum absolute atomic E-state index is 13.2. The first-order valence-electron chi connectivity index (χ1n) is 4.31. The Labute approximate surface area is 97.5 Å². The van der Waals surface area contributed by atoms with Crippen LogP contribution in [0.25, 0.3) is 0 Å². The topological polar surface area (TPSA) is 34.1 Å². The number of alkyl halides is 1. The third-order valence-electron chi connectivity index (χ3n) is 1.65. The fraction of sp³-hybridized carbons (Fsp3) is 0.444. The zero-order chi connectivity index (χ0) is 11.3.